The number of aliphatic hydroxyl groups is 1. The number of fused-ring (bicyclic) bond motifs is 2. The number of rotatable bonds is 4. The molecule has 3 aliphatic rings. The van der Waals surface area contributed by atoms with Crippen LogP contribution in [-0.2, 0) is 20.9 Å². The largest absolute Gasteiger partial charge is 0.393 e. The van der Waals surface area contributed by atoms with Crippen molar-refractivity contribution in [1.29, 1.82) is 0 Å². The molecule has 24 heavy (non-hydrogen) atoms. The predicted molar refractivity (Wildman–Crippen MR) is 86.0 cm³/mol. The molecular formula is C18H24N2O4. The van der Waals surface area contributed by atoms with Crippen LogP contribution in [0.25, 0.3) is 0 Å². The van der Waals surface area contributed by atoms with E-state index in [1.54, 1.807) is 12.4 Å². The first-order chi connectivity index (χ1) is 11.7. The first-order valence-electron chi connectivity index (χ1n) is 8.83. The summed E-state index contributed by atoms with van der Waals surface area (Å²) in [5.41, 5.74) is 1.03. The molecule has 130 valence electrons. The fourth-order valence-corrected chi connectivity index (χ4v) is 4.08. The minimum Gasteiger partial charge on any atom is -0.393 e. The van der Waals surface area contributed by atoms with Crippen LogP contribution in [0.2, 0.25) is 0 Å². The highest BCUT2D eigenvalue weighted by molar-refractivity contribution is 5.80. The van der Waals surface area contributed by atoms with E-state index in [4.69, 9.17) is 9.47 Å². The lowest BCUT2D eigenvalue weighted by Crippen LogP contribution is -2.51. The average Bonchev–Trinajstić information content (AvgIpc) is 2.86. The average molecular weight is 332 g/mol. The number of aliphatic hydroxyl groups excluding tert-OH is 1. The van der Waals surface area contributed by atoms with Gasteiger partial charge in [0.15, 0.2) is 0 Å². The van der Waals surface area contributed by atoms with Gasteiger partial charge in [-0.3, -0.25) is 9.78 Å². The number of carbonyl (C=O) groups excluding carboxylic acids is 1. The quantitative estimate of drug-likeness (QED) is 0.895. The molecule has 0 radical (unpaired) electrons. The van der Waals surface area contributed by atoms with Gasteiger partial charge in [-0.1, -0.05) is 6.07 Å². The van der Waals surface area contributed by atoms with E-state index in [9.17, 15) is 9.90 Å². The summed E-state index contributed by atoms with van der Waals surface area (Å²) in [6.45, 7) is 1.67. The van der Waals surface area contributed by atoms with E-state index in [0.29, 0.717) is 32.6 Å². The summed E-state index contributed by atoms with van der Waals surface area (Å²) < 4.78 is 12.1. The standard InChI is InChI=1S/C18H24N2O4/c21-14-8-13(9-14)18(22)20-6-7-23-16-4-3-15(20)17(16)24-11-12-2-1-5-19-10-12/h1-2,5,10,13-17,21H,3-4,6-9,11H2. The first kappa shape index (κ1) is 16.0. The minimum absolute atomic E-state index is 0.0314. The van der Waals surface area contributed by atoms with E-state index in [1.165, 1.54) is 0 Å². The van der Waals surface area contributed by atoms with Crippen LogP contribution in [0.5, 0.6) is 0 Å². The van der Waals surface area contributed by atoms with Gasteiger partial charge in [0.05, 0.1) is 31.5 Å². The molecule has 2 aliphatic carbocycles. The van der Waals surface area contributed by atoms with Gasteiger partial charge >= 0.3 is 0 Å². The number of carbonyl (C=O) groups is 1. The molecule has 1 N–H and O–H groups in total. The second kappa shape index (κ2) is 6.78. The third-order valence-electron chi connectivity index (χ3n) is 5.47. The number of ether oxygens (including phenoxy) is 2. The van der Waals surface area contributed by atoms with Gasteiger partial charge in [0, 0.05) is 24.9 Å². The second-order valence-electron chi connectivity index (χ2n) is 7.04. The van der Waals surface area contributed by atoms with Gasteiger partial charge < -0.3 is 19.5 Å². The van der Waals surface area contributed by atoms with E-state index in [2.05, 4.69) is 4.98 Å². The molecule has 3 unspecified atom stereocenters. The number of pyridine rings is 1. The highest BCUT2D eigenvalue weighted by atomic mass is 16.5. The molecule has 2 heterocycles. The molecule has 6 nitrogen and oxygen atoms in total. The monoisotopic (exact) mass is 332 g/mol. The highest BCUT2D eigenvalue weighted by Gasteiger charge is 2.47. The van der Waals surface area contributed by atoms with Crippen molar-refractivity contribution in [2.24, 2.45) is 5.92 Å². The van der Waals surface area contributed by atoms with Crippen molar-refractivity contribution in [3.63, 3.8) is 0 Å². The van der Waals surface area contributed by atoms with Gasteiger partial charge in [0.25, 0.3) is 0 Å². The Kier molecular flexibility index (Phi) is 4.52. The maximum atomic E-state index is 12.8. The van der Waals surface area contributed by atoms with E-state index >= 15 is 0 Å². The Morgan fingerprint density at radius 2 is 2.29 bits per heavy atom. The number of hydrogen-bond donors (Lipinski definition) is 1. The summed E-state index contributed by atoms with van der Waals surface area (Å²) in [6, 6.07) is 3.97. The number of aromatic nitrogens is 1. The Balaban J connectivity index is 1.44. The zero-order chi connectivity index (χ0) is 16.5. The van der Waals surface area contributed by atoms with Crippen molar-refractivity contribution >= 4 is 5.91 Å². The van der Waals surface area contributed by atoms with E-state index in [-0.39, 0.29) is 36.2 Å². The van der Waals surface area contributed by atoms with Crippen molar-refractivity contribution in [2.75, 3.05) is 13.2 Å². The topological polar surface area (TPSA) is 71.9 Å². The Bertz CT molecular complexity index is 576. The Morgan fingerprint density at radius 3 is 3.04 bits per heavy atom. The Morgan fingerprint density at radius 1 is 1.42 bits per heavy atom. The first-order valence-corrected chi connectivity index (χ1v) is 8.83. The zero-order valence-corrected chi connectivity index (χ0v) is 13.7. The van der Waals surface area contributed by atoms with Gasteiger partial charge in [0.2, 0.25) is 5.91 Å². The number of hydrogen-bond acceptors (Lipinski definition) is 5. The van der Waals surface area contributed by atoms with E-state index in [1.807, 2.05) is 17.0 Å². The van der Waals surface area contributed by atoms with Crippen molar-refractivity contribution in [1.82, 2.24) is 9.88 Å². The van der Waals surface area contributed by atoms with Crippen molar-refractivity contribution < 1.29 is 19.4 Å². The normalized spacial score (nSPS) is 35.4. The number of amides is 1. The van der Waals surface area contributed by atoms with Crippen molar-refractivity contribution in [3.05, 3.63) is 30.1 Å². The molecule has 1 aromatic rings. The van der Waals surface area contributed by atoms with Gasteiger partial charge in [0.1, 0.15) is 6.10 Å². The summed E-state index contributed by atoms with van der Waals surface area (Å²) in [5, 5.41) is 9.49. The molecule has 0 aromatic carbocycles. The minimum atomic E-state index is -0.309. The van der Waals surface area contributed by atoms with Gasteiger partial charge in [-0.15, -0.1) is 0 Å². The van der Waals surface area contributed by atoms with Crippen molar-refractivity contribution in [2.45, 2.75) is 56.6 Å². The third-order valence-corrected chi connectivity index (χ3v) is 5.47. The Hall–Kier alpha value is -1.50. The van der Waals surface area contributed by atoms with Gasteiger partial charge in [-0.25, -0.2) is 0 Å². The molecule has 1 aromatic heterocycles. The lowest BCUT2D eigenvalue weighted by atomic mass is 9.81. The van der Waals surface area contributed by atoms with Crippen LogP contribution in [0, 0.1) is 5.92 Å². The molecule has 6 heteroatoms. The highest BCUT2D eigenvalue weighted by Crippen LogP contribution is 2.36. The predicted octanol–water partition coefficient (Wildman–Crippen LogP) is 1.13. The third kappa shape index (κ3) is 3.06. The molecule has 1 aliphatic heterocycles. The lowest BCUT2D eigenvalue weighted by molar-refractivity contribution is -0.147. The smallest absolute Gasteiger partial charge is 0.226 e. The summed E-state index contributed by atoms with van der Waals surface area (Å²) in [4.78, 5) is 18.8. The molecule has 0 spiro atoms. The van der Waals surface area contributed by atoms with Gasteiger partial charge in [-0.2, -0.15) is 0 Å². The zero-order valence-electron chi connectivity index (χ0n) is 13.7. The van der Waals surface area contributed by atoms with Crippen LogP contribution in [0.3, 0.4) is 0 Å². The molecule has 3 fully saturated rings. The lowest BCUT2D eigenvalue weighted by Gasteiger charge is -2.38. The second-order valence-corrected chi connectivity index (χ2v) is 7.04. The van der Waals surface area contributed by atoms with Crippen LogP contribution < -0.4 is 0 Å². The SMILES string of the molecule is O=C(C1CC(O)C1)N1CCOC2CCC1C2OCc1cccnc1. The molecular weight excluding hydrogens is 308 g/mol. The summed E-state index contributed by atoms with van der Waals surface area (Å²) >= 11 is 0. The Labute approximate surface area is 141 Å². The number of nitrogens with zero attached hydrogens (tertiary/aromatic N) is 2. The van der Waals surface area contributed by atoms with Crippen LogP contribution in [0.1, 0.15) is 31.2 Å². The molecule has 1 amide bonds. The molecule has 2 bridgehead atoms. The molecule has 4 rings (SSSR count). The fraction of sp³-hybridized carbons (Fsp3) is 0.667. The molecule has 3 atom stereocenters. The molecule has 1 saturated heterocycles. The maximum absolute atomic E-state index is 12.8. The molecule has 2 saturated carbocycles. The summed E-state index contributed by atoms with van der Waals surface area (Å²) in [5.74, 6) is 0.127. The summed E-state index contributed by atoms with van der Waals surface area (Å²) in [7, 11) is 0. The van der Waals surface area contributed by atoms with Crippen LogP contribution in [-0.4, -0.2) is 58.4 Å². The van der Waals surface area contributed by atoms with Crippen LogP contribution in [0.15, 0.2) is 24.5 Å². The summed E-state index contributed by atoms with van der Waals surface area (Å²) in [6.07, 6.45) is 6.26. The maximum Gasteiger partial charge on any atom is 0.226 e. The van der Waals surface area contributed by atoms with E-state index < -0.39 is 0 Å². The fourth-order valence-electron chi connectivity index (χ4n) is 4.08. The van der Waals surface area contributed by atoms with E-state index in [0.717, 1.165) is 18.4 Å². The van der Waals surface area contributed by atoms with Crippen molar-refractivity contribution in [3.8, 4) is 0 Å². The van der Waals surface area contributed by atoms with Crippen LogP contribution >= 0.6 is 0 Å². The van der Waals surface area contributed by atoms with Crippen LogP contribution in [0.4, 0.5) is 0 Å². The van der Waals surface area contributed by atoms with Gasteiger partial charge in [-0.05, 0) is 37.3 Å².